The number of hydrogen-bond donors (Lipinski definition) is 2. The smallest absolute Gasteiger partial charge is 0.267 e. The van der Waals surface area contributed by atoms with Gasteiger partial charge in [-0.05, 0) is 30.7 Å². The molecule has 6 heteroatoms. The van der Waals surface area contributed by atoms with Crippen molar-refractivity contribution in [1.82, 2.24) is 10.2 Å². The van der Waals surface area contributed by atoms with Gasteiger partial charge in [0.05, 0.1) is 11.9 Å². The molecule has 100 valence electrons. The first-order valence-corrected chi connectivity index (χ1v) is 6.84. The fraction of sp³-hybridized carbons (Fsp3) is 0.0714. The van der Waals surface area contributed by atoms with Gasteiger partial charge < -0.3 is 11.1 Å². The highest BCUT2D eigenvalue weighted by atomic mass is 32.1. The minimum Gasteiger partial charge on any atom is -0.397 e. The first-order chi connectivity index (χ1) is 9.65. The average Bonchev–Trinajstić information content (AvgIpc) is 2.77. The van der Waals surface area contributed by atoms with E-state index in [1.54, 1.807) is 12.3 Å². The summed E-state index contributed by atoms with van der Waals surface area (Å²) in [7, 11) is 0. The lowest BCUT2D eigenvalue weighted by Gasteiger charge is -2.05. The van der Waals surface area contributed by atoms with Crippen LogP contribution in [0, 0.1) is 6.92 Å². The van der Waals surface area contributed by atoms with Gasteiger partial charge in [-0.25, -0.2) is 0 Å². The first kappa shape index (κ1) is 12.6. The molecule has 2 heterocycles. The van der Waals surface area contributed by atoms with E-state index in [2.05, 4.69) is 15.5 Å². The Morgan fingerprint density at radius 1 is 1.35 bits per heavy atom. The van der Waals surface area contributed by atoms with Crippen LogP contribution in [-0.2, 0) is 0 Å². The largest absolute Gasteiger partial charge is 0.397 e. The number of thiophene rings is 1. The average molecular weight is 284 g/mol. The number of fused-ring (bicyclic) bond motifs is 1. The van der Waals surface area contributed by atoms with Crippen LogP contribution in [0.4, 0.5) is 11.4 Å². The zero-order valence-electron chi connectivity index (χ0n) is 10.8. The number of nitrogen functional groups attached to an aromatic ring is 1. The lowest BCUT2D eigenvalue weighted by Crippen LogP contribution is -2.11. The summed E-state index contributed by atoms with van der Waals surface area (Å²) in [5.41, 5.74) is 8.28. The summed E-state index contributed by atoms with van der Waals surface area (Å²) in [4.78, 5) is 13.4. The van der Waals surface area contributed by atoms with Crippen molar-refractivity contribution in [2.45, 2.75) is 6.92 Å². The second kappa shape index (κ2) is 4.90. The SMILES string of the molecule is Cc1cccc(NC(=O)c2sc3nnccc3c2N)c1. The summed E-state index contributed by atoms with van der Waals surface area (Å²) in [5, 5.41) is 11.4. The van der Waals surface area contributed by atoms with Crippen molar-refractivity contribution in [3.05, 3.63) is 47.0 Å². The van der Waals surface area contributed by atoms with Crippen molar-refractivity contribution in [1.29, 1.82) is 0 Å². The molecule has 0 unspecified atom stereocenters. The van der Waals surface area contributed by atoms with E-state index in [0.29, 0.717) is 15.4 Å². The fourth-order valence-electron chi connectivity index (χ4n) is 1.95. The van der Waals surface area contributed by atoms with Crippen molar-refractivity contribution in [2.24, 2.45) is 0 Å². The van der Waals surface area contributed by atoms with Gasteiger partial charge in [-0.2, -0.15) is 5.10 Å². The Morgan fingerprint density at radius 2 is 2.20 bits per heavy atom. The molecule has 5 nitrogen and oxygen atoms in total. The van der Waals surface area contributed by atoms with Crippen molar-refractivity contribution >= 4 is 38.8 Å². The molecule has 0 saturated heterocycles. The van der Waals surface area contributed by atoms with E-state index >= 15 is 0 Å². The molecule has 0 atom stereocenters. The molecule has 3 N–H and O–H groups in total. The number of amides is 1. The number of aryl methyl sites for hydroxylation is 1. The molecule has 1 aromatic carbocycles. The summed E-state index contributed by atoms with van der Waals surface area (Å²) < 4.78 is 0. The Hall–Kier alpha value is -2.47. The summed E-state index contributed by atoms with van der Waals surface area (Å²) in [6.45, 7) is 1.97. The van der Waals surface area contributed by atoms with E-state index < -0.39 is 0 Å². The molecule has 0 radical (unpaired) electrons. The molecule has 0 bridgehead atoms. The van der Waals surface area contributed by atoms with Crippen LogP contribution >= 0.6 is 11.3 Å². The summed E-state index contributed by atoms with van der Waals surface area (Å²) in [6, 6.07) is 9.37. The third-order valence-corrected chi connectivity index (χ3v) is 4.01. The van der Waals surface area contributed by atoms with Crippen LogP contribution in [0.15, 0.2) is 36.5 Å². The topological polar surface area (TPSA) is 80.9 Å². The van der Waals surface area contributed by atoms with Gasteiger partial charge in [-0.1, -0.05) is 12.1 Å². The summed E-state index contributed by atoms with van der Waals surface area (Å²) in [5.74, 6) is -0.226. The minimum atomic E-state index is -0.226. The normalized spacial score (nSPS) is 10.7. The van der Waals surface area contributed by atoms with Crippen LogP contribution in [0.2, 0.25) is 0 Å². The van der Waals surface area contributed by atoms with Crippen LogP contribution < -0.4 is 11.1 Å². The maximum absolute atomic E-state index is 12.3. The van der Waals surface area contributed by atoms with Gasteiger partial charge in [0.2, 0.25) is 0 Å². The Morgan fingerprint density at radius 3 is 2.95 bits per heavy atom. The van der Waals surface area contributed by atoms with Crippen LogP contribution in [0.3, 0.4) is 0 Å². The quantitative estimate of drug-likeness (QED) is 0.758. The van der Waals surface area contributed by atoms with Crippen molar-refractivity contribution < 1.29 is 4.79 Å². The number of rotatable bonds is 2. The highest BCUT2D eigenvalue weighted by Crippen LogP contribution is 2.32. The molecule has 0 saturated carbocycles. The van der Waals surface area contributed by atoms with E-state index in [-0.39, 0.29) is 5.91 Å². The van der Waals surface area contributed by atoms with Crippen molar-refractivity contribution in [3.63, 3.8) is 0 Å². The number of hydrogen-bond acceptors (Lipinski definition) is 5. The maximum atomic E-state index is 12.3. The van der Waals surface area contributed by atoms with Gasteiger partial charge in [0.15, 0.2) is 0 Å². The van der Waals surface area contributed by atoms with E-state index in [0.717, 1.165) is 16.6 Å². The van der Waals surface area contributed by atoms with Gasteiger partial charge in [0, 0.05) is 11.1 Å². The lowest BCUT2D eigenvalue weighted by atomic mass is 10.2. The van der Waals surface area contributed by atoms with Gasteiger partial charge >= 0.3 is 0 Å². The van der Waals surface area contributed by atoms with Crippen LogP contribution in [0.5, 0.6) is 0 Å². The Bertz CT molecular complexity index is 797. The first-order valence-electron chi connectivity index (χ1n) is 6.03. The highest BCUT2D eigenvalue weighted by molar-refractivity contribution is 7.21. The predicted octanol–water partition coefficient (Wildman–Crippen LogP) is 2.83. The number of nitrogens with zero attached hydrogens (tertiary/aromatic N) is 2. The number of anilines is 2. The number of nitrogens with two attached hydrogens (primary N) is 1. The standard InChI is InChI=1S/C14H12N4OS/c1-8-3-2-4-9(7-8)17-13(19)12-11(15)10-5-6-16-18-14(10)20-12/h2-7H,15H2,1H3,(H,17,19). The predicted molar refractivity (Wildman–Crippen MR) is 81.0 cm³/mol. The molecule has 0 fully saturated rings. The van der Waals surface area contributed by atoms with Crippen LogP contribution in [0.25, 0.3) is 10.2 Å². The molecule has 3 rings (SSSR count). The molecule has 0 aliphatic rings. The molecule has 0 aliphatic carbocycles. The molecule has 1 amide bonds. The zero-order chi connectivity index (χ0) is 14.1. The van der Waals surface area contributed by atoms with Crippen molar-refractivity contribution in [2.75, 3.05) is 11.1 Å². The van der Waals surface area contributed by atoms with Gasteiger partial charge in [0.1, 0.15) is 9.71 Å². The number of nitrogens with one attached hydrogen (secondary N) is 1. The monoisotopic (exact) mass is 284 g/mol. The third kappa shape index (κ3) is 2.21. The Kier molecular flexibility index (Phi) is 3.08. The van der Waals surface area contributed by atoms with Gasteiger partial charge in [0.25, 0.3) is 5.91 Å². The Labute approximate surface area is 119 Å². The maximum Gasteiger partial charge on any atom is 0.267 e. The van der Waals surface area contributed by atoms with Crippen LogP contribution in [-0.4, -0.2) is 16.1 Å². The van der Waals surface area contributed by atoms with Gasteiger partial charge in [-0.15, -0.1) is 16.4 Å². The molecule has 2 aromatic heterocycles. The molecule has 20 heavy (non-hydrogen) atoms. The van der Waals surface area contributed by atoms with Crippen LogP contribution in [0.1, 0.15) is 15.2 Å². The number of carbonyl (C=O) groups is 1. The molecule has 0 aliphatic heterocycles. The van der Waals surface area contributed by atoms with E-state index in [4.69, 9.17) is 5.73 Å². The number of benzene rings is 1. The Balaban J connectivity index is 1.95. The second-order valence-corrected chi connectivity index (χ2v) is 5.42. The summed E-state index contributed by atoms with van der Waals surface area (Å²) >= 11 is 1.24. The number of carbonyl (C=O) groups excluding carboxylic acids is 1. The fourth-order valence-corrected chi connectivity index (χ4v) is 2.89. The minimum absolute atomic E-state index is 0.226. The molecule has 3 aromatic rings. The molecular formula is C14H12N4OS. The van der Waals surface area contributed by atoms with Crippen molar-refractivity contribution in [3.8, 4) is 0 Å². The van der Waals surface area contributed by atoms with E-state index in [1.807, 2.05) is 31.2 Å². The summed E-state index contributed by atoms with van der Waals surface area (Å²) in [6.07, 6.45) is 1.56. The zero-order valence-corrected chi connectivity index (χ0v) is 11.6. The highest BCUT2D eigenvalue weighted by Gasteiger charge is 2.17. The molecular weight excluding hydrogens is 272 g/mol. The second-order valence-electron chi connectivity index (χ2n) is 4.42. The van der Waals surface area contributed by atoms with E-state index in [1.165, 1.54) is 11.3 Å². The number of aromatic nitrogens is 2. The lowest BCUT2D eigenvalue weighted by molar-refractivity contribution is 0.103. The van der Waals surface area contributed by atoms with Gasteiger partial charge in [-0.3, -0.25) is 4.79 Å². The third-order valence-electron chi connectivity index (χ3n) is 2.90. The molecule has 0 spiro atoms. The van der Waals surface area contributed by atoms with E-state index in [9.17, 15) is 4.79 Å².